The van der Waals surface area contributed by atoms with Crippen molar-refractivity contribution in [1.29, 1.82) is 0 Å². The van der Waals surface area contributed by atoms with Gasteiger partial charge in [0.05, 0.1) is 0 Å². The third-order valence-corrected chi connectivity index (χ3v) is 2.84. The largest absolute Gasteiger partial charge is 0.444 e. The summed E-state index contributed by atoms with van der Waals surface area (Å²) in [7, 11) is 0. The second-order valence-corrected chi connectivity index (χ2v) is 6.64. The number of thioether (sulfide) groups is 1. The van der Waals surface area contributed by atoms with Crippen molar-refractivity contribution < 1.29 is 14.3 Å². The van der Waals surface area contributed by atoms with Crippen molar-refractivity contribution in [2.24, 2.45) is 5.92 Å². The molecule has 0 saturated carbocycles. The Balaban J connectivity index is 4.40. The second-order valence-electron chi connectivity index (χ2n) is 5.65. The fraction of sp³-hybridized carbons (Fsp3) is 0.846. The van der Waals surface area contributed by atoms with E-state index < -0.39 is 17.7 Å². The molecule has 0 rings (SSSR count). The van der Waals surface area contributed by atoms with Crippen LogP contribution < -0.4 is 10.6 Å². The summed E-state index contributed by atoms with van der Waals surface area (Å²) in [5.74, 6) is 0.680. The quantitative estimate of drug-likeness (QED) is 0.734. The van der Waals surface area contributed by atoms with Crippen LogP contribution in [-0.4, -0.2) is 42.2 Å². The zero-order chi connectivity index (χ0) is 15.1. The number of ether oxygens (including phenoxy) is 1. The lowest BCUT2D eigenvalue weighted by Crippen LogP contribution is -2.51. The van der Waals surface area contributed by atoms with Crippen LogP contribution in [0.2, 0.25) is 0 Å². The summed E-state index contributed by atoms with van der Waals surface area (Å²) in [6.45, 7) is 9.73. The number of carbonyl (C=O) groups excluding carboxylic acids is 2. The lowest BCUT2D eigenvalue weighted by molar-refractivity contribution is -0.124. The molecule has 0 radical (unpaired) electrons. The van der Waals surface area contributed by atoms with Crippen molar-refractivity contribution in [3.05, 3.63) is 0 Å². The van der Waals surface area contributed by atoms with Crippen LogP contribution in [0.4, 0.5) is 4.79 Å². The Kier molecular flexibility index (Phi) is 7.90. The molecule has 0 aromatic carbocycles. The first-order chi connectivity index (χ1) is 8.67. The van der Waals surface area contributed by atoms with Crippen LogP contribution in [-0.2, 0) is 9.53 Å². The molecule has 1 atom stereocenters. The van der Waals surface area contributed by atoms with Gasteiger partial charge in [0, 0.05) is 12.3 Å². The zero-order valence-corrected chi connectivity index (χ0v) is 13.5. The first-order valence-electron chi connectivity index (χ1n) is 6.43. The van der Waals surface area contributed by atoms with Crippen LogP contribution in [0.15, 0.2) is 0 Å². The maximum atomic E-state index is 12.0. The minimum atomic E-state index is -0.572. The number of hydrogen-bond donors (Lipinski definition) is 2. The number of carbonyl (C=O) groups is 2. The van der Waals surface area contributed by atoms with Crippen molar-refractivity contribution in [3.63, 3.8) is 0 Å². The summed E-state index contributed by atoms with van der Waals surface area (Å²) in [5.41, 5.74) is -0.569. The Bertz CT molecular complexity index is 301. The average molecular weight is 290 g/mol. The molecule has 6 heteroatoms. The summed E-state index contributed by atoms with van der Waals surface area (Å²) < 4.78 is 5.16. The topological polar surface area (TPSA) is 67.4 Å². The Morgan fingerprint density at radius 3 is 2.26 bits per heavy atom. The van der Waals surface area contributed by atoms with Gasteiger partial charge in [0.2, 0.25) is 5.91 Å². The minimum Gasteiger partial charge on any atom is -0.444 e. The molecule has 0 bridgehead atoms. The Hall–Kier alpha value is -0.910. The lowest BCUT2D eigenvalue weighted by Gasteiger charge is -2.25. The second kappa shape index (κ2) is 8.30. The van der Waals surface area contributed by atoms with Gasteiger partial charge in [0.15, 0.2) is 0 Å². The summed E-state index contributed by atoms with van der Waals surface area (Å²) in [4.78, 5) is 23.7. The number of alkyl carbamates (subject to hydrolysis) is 1. The summed E-state index contributed by atoms with van der Waals surface area (Å²) >= 11 is 1.66. The van der Waals surface area contributed by atoms with Crippen molar-refractivity contribution >= 4 is 23.8 Å². The smallest absolute Gasteiger partial charge is 0.408 e. The molecule has 2 amide bonds. The van der Waals surface area contributed by atoms with Crippen LogP contribution in [0, 0.1) is 5.92 Å². The molecule has 0 spiro atoms. The molecule has 0 aromatic heterocycles. The molecule has 0 heterocycles. The molecular weight excluding hydrogens is 264 g/mol. The zero-order valence-electron chi connectivity index (χ0n) is 12.7. The predicted octanol–water partition coefficient (Wildman–Crippen LogP) is 2.01. The minimum absolute atomic E-state index is 0.00166. The highest BCUT2D eigenvalue weighted by Crippen LogP contribution is 2.08. The Morgan fingerprint density at radius 2 is 1.84 bits per heavy atom. The number of rotatable bonds is 6. The van der Waals surface area contributed by atoms with Crippen LogP contribution >= 0.6 is 11.8 Å². The van der Waals surface area contributed by atoms with Crippen molar-refractivity contribution in [3.8, 4) is 0 Å². The lowest BCUT2D eigenvalue weighted by atomic mass is 10.0. The highest BCUT2D eigenvalue weighted by molar-refractivity contribution is 7.98. The number of nitrogens with one attached hydrogen (secondary N) is 2. The molecule has 0 saturated heterocycles. The van der Waals surface area contributed by atoms with Gasteiger partial charge in [0.25, 0.3) is 0 Å². The fourth-order valence-electron chi connectivity index (χ4n) is 1.36. The summed E-state index contributed by atoms with van der Waals surface area (Å²) in [6.07, 6.45) is 1.41. The molecule has 2 N–H and O–H groups in total. The number of hydrogen-bond acceptors (Lipinski definition) is 4. The Labute approximate surface area is 120 Å². The maximum Gasteiger partial charge on any atom is 0.408 e. The van der Waals surface area contributed by atoms with E-state index in [-0.39, 0.29) is 11.8 Å². The van der Waals surface area contributed by atoms with Crippen molar-refractivity contribution in [2.45, 2.75) is 46.3 Å². The highest BCUT2D eigenvalue weighted by atomic mass is 32.2. The monoisotopic (exact) mass is 290 g/mol. The average Bonchev–Trinajstić information content (AvgIpc) is 2.23. The molecular formula is C13H26N2O3S. The molecule has 0 aliphatic rings. The van der Waals surface area contributed by atoms with Gasteiger partial charge in [-0.15, -0.1) is 0 Å². The van der Waals surface area contributed by atoms with Gasteiger partial charge in [-0.3, -0.25) is 4.79 Å². The number of amides is 2. The standard InChI is InChI=1S/C13H26N2O3S/c1-9(2)10(11(16)14-7-8-19-6)15-12(17)18-13(3,4)5/h9-10H,7-8H2,1-6H3,(H,14,16)(H,15,17). The van der Waals surface area contributed by atoms with Gasteiger partial charge in [-0.2, -0.15) is 11.8 Å². The molecule has 19 heavy (non-hydrogen) atoms. The first kappa shape index (κ1) is 18.1. The van der Waals surface area contributed by atoms with E-state index in [1.807, 2.05) is 20.1 Å². The van der Waals surface area contributed by atoms with Gasteiger partial charge in [0.1, 0.15) is 11.6 Å². The van der Waals surface area contributed by atoms with E-state index in [9.17, 15) is 9.59 Å². The van der Waals surface area contributed by atoms with Crippen LogP contribution in [0.1, 0.15) is 34.6 Å². The molecule has 112 valence electrons. The third kappa shape index (κ3) is 8.75. The first-order valence-corrected chi connectivity index (χ1v) is 7.83. The Morgan fingerprint density at radius 1 is 1.26 bits per heavy atom. The van der Waals surface area contributed by atoms with Crippen LogP contribution in [0.25, 0.3) is 0 Å². The highest BCUT2D eigenvalue weighted by Gasteiger charge is 2.26. The van der Waals surface area contributed by atoms with E-state index in [4.69, 9.17) is 4.74 Å². The SMILES string of the molecule is CSCCNC(=O)C(NC(=O)OC(C)(C)C)C(C)C. The molecule has 0 fully saturated rings. The van der Waals surface area contributed by atoms with E-state index in [1.165, 1.54) is 0 Å². The van der Waals surface area contributed by atoms with Crippen molar-refractivity contribution in [2.75, 3.05) is 18.6 Å². The molecule has 1 unspecified atom stereocenters. The van der Waals surface area contributed by atoms with E-state index in [0.29, 0.717) is 6.54 Å². The van der Waals surface area contributed by atoms with E-state index in [0.717, 1.165) is 5.75 Å². The van der Waals surface area contributed by atoms with Crippen LogP contribution in [0.5, 0.6) is 0 Å². The molecule has 0 aromatic rings. The normalized spacial score (nSPS) is 13.0. The predicted molar refractivity (Wildman–Crippen MR) is 79.4 cm³/mol. The van der Waals surface area contributed by atoms with Crippen LogP contribution in [0.3, 0.4) is 0 Å². The van der Waals surface area contributed by atoms with Crippen molar-refractivity contribution in [1.82, 2.24) is 10.6 Å². The third-order valence-electron chi connectivity index (χ3n) is 2.23. The van der Waals surface area contributed by atoms with E-state index in [2.05, 4.69) is 10.6 Å². The van der Waals surface area contributed by atoms with Gasteiger partial charge >= 0.3 is 6.09 Å². The van der Waals surface area contributed by atoms with E-state index >= 15 is 0 Å². The summed E-state index contributed by atoms with van der Waals surface area (Å²) in [5, 5.41) is 5.42. The summed E-state index contributed by atoms with van der Waals surface area (Å²) in [6, 6.07) is -0.572. The van der Waals surface area contributed by atoms with E-state index in [1.54, 1.807) is 32.5 Å². The molecule has 0 aliphatic carbocycles. The maximum absolute atomic E-state index is 12.0. The molecule has 0 aliphatic heterocycles. The van der Waals surface area contributed by atoms with Gasteiger partial charge in [-0.1, -0.05) is 13.8 Å². The molecule has 5 nitrogen and oxygen atoms in total. The fourth-order valence-corrected chi connectivity index (χ4v) is 1.66. The van der Waals surface area contributed by atoms with Gasteiger partial charge in [-0.25, -0.2) is 4.79 Å². The van der Waals surface area contributed by atoms with Gasteiger partial charge in [-0.05, 0) is 32.9 Å². The van der Waals surface area contributed by atoms with Gasteiger partial charge < -0.3 is 15.4 Å².